The zero-order valence-electron chi connectivity index (χ0n) is 8.62. The summed E-state index contributed by atoms with van der Waals surface area (Å²) in [5.74, 6) is 1.13. The number of aryl methyl sites for hydroxylation is 2. The fourth-order valence-corrected chi connectivity index (χ4v) is 1.71. The highest BCUT2D eigenvalue weighted by atomic mass is 15.1. The van der Waals surface area contributed by atoms with Crippen LogP contribution in [0, 0.1) is 0 Å². The Kier molecular flexibility index (Phi) is 2.15. The molecule has 0 aliphatic carbocycles. The first kappa shape index (κ1) is 9.06. The number of nitrogen functional groups attached to an aromatic ring is 1. The van der Waals surface area contributed by atoms with Crippen molar-refractivity contribution >= 4 is 16.7 Å². The summed E-state index contributed by atoms with van der Waals surface area (Å²) in [6.45, 7) is 2.16. The second-order valence-electron chi connectivity index (χ2n) is 3.59. The predicted octanol–water partition coefficient (Wildman–Crippen LogP) is 2.11. The molecule has 0 spiro atoms. The molecule has 0 fully saturated rings. The molecule has 1 aromatic carbocycles. The van der Waals surface area contributed by atoms with Crippen molar-refractivity contribution in [3.05, 3.63) is 24.0 Å². The number of hydrogen-bond donors (Lipinski definition) is 1. The van der Waals surface area contributed by atoms with E-state index in [9.17, 15) is 0 Å². The Bertz CT molecular complexity index is 457. The molecule has 2 N–H and O–H groups in total. The number of imidazole rings is 1. The molecule has 0 radical (unpaired) electrons. The van der Waals surface area contributed by atoms with Crippen molar-refractivity contribution < 1.29 is 0 Å². The minimum Gasteiger partial charge on any atom is -0.399 e. The van der Waals surface area contributed by atoms with E-state index in [0.29, 0.717) is 0 Å². The maximum Gasteiger partial charge on any atom is 0.109 e. The number of hydrogen-bond acceptors (Lipinski definition) is 2. The lowest BCUT2D eigenvalue weighted by Gasteiger charge is -1.99. The van der Waals surface area contributed by atoms with Crippen molar-refractivity contribution in [2.24, 2.45) is 7.05 Å². The Hall–Kier alpha value is -1.51. The zero-order valence-corrected chi connectivity index (χ0v) is 8.62. The lowest BCUT2D eigenvalue weighted by Crippen LogP contribution is -1.96. The van der Waals surface area contributed by atoms with Crippen molar-refractivity contribution in [2.45, 2.75) is 19.8 Å². The SMILES string of the molecule is CCCc1nc2cc(N)ccc2n1C. The predicted molar refractivity (Wildman–Crippen MR) is 59.1 cm³/mol. The molecular formula is C11H15N3. The van der Waals surface area contributed by atoms with Crippen molar-refractivity contribution in [1.29, 1.82) is 0 Å². The molecule has 0 amide bonds. The summed E-state index contributed by atoms with van der Waals surface area (Å²) in [4.78, 5) is 4.55. The third-order valence-corrected chi connectivity index (χ3v) is 2.47. The van der Waals surface area contributed by atoms with Gasteiger partial charge in [0, 0.05) is 19.2 Å². The molecular weight excluding hydrogens is 174 g/mol. The molecule has 0 bridgehead atoms. The van der Waals surface area contributed by atoms with Gasteiger partial charge in [0.15, 0.2) is 0 Å². The van der Waals surface area contributed by atoms with Crippen molar-refractivity contribution in [3.8, 4) is 0 Å². The summed E-state index contributed by atoms with van der Waals surface area (Å²) in [7, 11) is 2.05. The second kappa shape index (κ2) is 3.33. The van der Waals surface area contributed by atoms with Gasteiger partial charge < -0.3 is 10.3 Å². The topological polar surface area (TPSA) is 43.8 Å². The van der Waals surface area contributed by atoms with Gasteiger partial charge in [-0.1, -0.05) is 6.92 Å². The van der Waals surface area contributed by atoms with Crippen LogP contribution in [-0.4, -0.2) is 9.55 Å². The van der Waals surface area contributed by atoms with Gasteiger partial charge in [-0.3, -0.25) is 0 Å². The van der Waals surface area contributed by atoms with E-state index in [-0.39, 0.29) is 0 Å². The Morgan fingerprint density at radius 2 is 2.21 bits per heavy atom. The fourth-order valence-electron chi connectivity index (χ4n) is 1.71. The lowest BCUT2D eigenvalue weighted by molar-refractivity contribution is 0.773. The van der Waals surface area contributed by atoms with Gasteiger partial charge in [0.2, 0.25) is 0 Å². The van der Waals surface area contributed by atoms with Crippen LogP contribution < -0.4 is 5.73 Å². The largest absolute Gasteiger partial charge is 0.399 e. The van der Waals surface area contributed by atoms with Crippen LogP contribution >= 0.6 is 0 Å². The number of rotatable bonds is 2. The van der Waals surface area contributed by atoms with Crippen LogP contribution in [0.5, 0.6) is 0 Å². The minimum absolute atomic E-state index is 0.777. The van der Waals surface area contributed by atoms with Crippen LogP contribution in [0.3, 0.4) is 0 Å². The average Bonchev–Trinajstić information content (AvgIpc) is 2.44. The smallest absolute Gasteiger partial charge is 0.109 e. The molecule has 3 heteroatoms. The maximum absolute atomic E-state index is 5.71. The summed E-state index contributed by atoms with van der Waals surface area (Å²) in [6, 6.07) is 5.87. The maximum atomic E-state index is 5.71. The Morgan fingerprint density at radius 3 is 2.93 bits per heavy atom. The molecule has 0 saturated carbocycles. The first-order valence-electron chi connectivity index (χ1n) is 4.93. The molecule has 3 nitrogen and oxygen atoms in total. The van der Waals surface area contributed by atoms with E-state index in [0.717, 1.165) is 35.4 Å². The van der Waals surface area contributed by atoms with Crippen LogP contribution in [0.4, 0.5) is 5.69 Å². The number of fused-ring (bicyclic) bond motifs is 1. The van der Waals surface area contributed by atoms with Crippen LogP contribution in [0.2, 0.25) is 0 Å². The number of nitrogens with two attached hydrogens (primary N) is 1. The number of benzene rings is 1. The van der Waals surface area contributed by atoms with Crippen molar-refractivity contribution in [1.82, 2.24) is 9.55 Å². The molecule has 74 valence electrons. The van der Waals surface area contributed by atoms with E-state index < -0.39 is 0 Å². The van der Waals surface area contributed by atoms with Crippen LogP contribution in [0.25, 0.3) is 11.0 Å². The lowest BCUT2D eigenvalue weighted by atomic mass is 10.3. The molecule has 1 heterocycles. The molecule has 1 aromatic heterocycles. The van der Waals surface area contributed by atoms with E-state index in [4.69, 9.17) is 5.73 Å². The standard InChI is InChI=1S/C11H15N3/c1-3-4-11-13-9-7-8(12)5-6-10(9)14(11)2/h5-7H,3-4,12H2,1-2H3. The molecule has 0 aliphatic rings. The van der Waals surface area contributed by atoms with Gasteiger partial charge in [-0.15, -0.1) is 0 Å². The Balaban J connectivity index is 2.61. The van der Waals surface area contributed by atoms with Gasteiger partial charge in [-0.2, -0.15) is 0 Å². The van der Waals surface area contributed by atoms with E-state index in [1.54, 1.807) is 0 Å². The molecule has 0 saturated heterocycles. The van der Waals surface area contributed by atoms with Crippen molar-refractivity contribution in [3.63, 3.8) is 0 Å². The van der Waals surface area contributed by atoms with Gasteiger partial charge in [0.05, 0.1) is 11.0 Å². The van der Waals surface area contributed by atoms with Crippen LogP contribution in [-0.2, 0) is 13.5 Å². The van der Waals surface area contributed by atoms with Crippen molar-refractivity contribution in [2.75, 3.05) is 5.73 Å². The van der Waals surface area contributed by atoms with Gasteiger partial charge >= 0.3 is 0 Å². The van der Waals surface area contributed by atoms with Gasteiger partial charge in [-0.05, 0) is 24.6 Å². The quantitative estimate of drug-likeness (QED) is 0.735. The zero-order chi connectivity index (χ0) is 10.1. The van der Waals surface area contributed by atoms with E-state index >= 15 is 0 Å². The highest BCUT2D eigenvalue weighted by molar-refractivity contribution is 5.79. The van der Waals surface area contributed by atoms with Crippen LogP contribution in [0.1, 0.15) is 19.2 Å². The molecule has 0 aliphatic heterocycles. The van der Waals surface area contributed by atoms with E-state index in [1.807, 2.05) is 18.2 Å². The van der Waals surface area contributed by atoms with E-state index in [1.165, 1.54) is 0 Å². The average molecular weight is 189 g/mol. The summed E-state index contributed by atoms with van der Waals surface area (Å²) in [6.07, 6.45) is 2.14. The minimum atomic E-state index is 0.777. The molecule has 2 aromatic rings. The highest BCUT2D eigenvalue weighted by Crippen LogP contribution is 2.18. The van der Waals surface area contributed by atoms with Gasteiger partial charge in [-0.25, -0.2) is 4.98 Å². The normalized spacial score (nSPS) is 11.0. The number of nitrogens with zero attached hydrogens (tertiary/aromatic N) is 2. The van der Waals surface area contributed by atoms with Gasteiger partial charge in [0.1, 0.15) is 5.82 Å². The summed E-state index contributed by atoms with van der Waals surface area (Å²) in [5.41, 5.74) is 8.64. The first-order chi connectivity index (χ1) is 6.72. The fraction of sp³-hybridized carbons (Fsp3) is 0.364. The molecule has 14 heavy (non-hydrogen) atoms. The third kappa shape index (κ3) is 1.35. The Morgan fingerprint density at radius 1 is 1.43 bits per heavy atom. The Labute approximate surface area is 83.6 Å². The monoisotopic (exact) mass is 189 g/mol. The molecule has 0 unspecified atom stereocenters. The number of anilines is 1. The molecule has 0 atom stereocenters. The third-order valence-electron chi connectivity index (χ3n) is 2.47. The second-order valence-corrected chi connectivity index (χ2v) is 3.59. The highest BCUT2D eigenvalue weighted by Gasteiger charge is 2.06. The molecule has 2 rings (SSSR count). The summed E-state index contributed by atoms with van der Waals surface area (Å²) >= 11 is 0. The number of aromatic nitrogens is 2. The first-order valence-corrected chi connectivity index (χ1v) is 4.93. The van der Waals surface area contributed by atoms with Gasteiger partial charge in [0.25, 0.3) is 0 Å². The van der Waals surface area contributed by atoms with E-state index in [2.05, 4.69) is 23.5 Å². The summed E-state index contributed by atoms with van der Waals surface area (Å²) < 4.78 is 2.14. The van der Waals surface area contributed by atoms with Crippen LogP contribution in [0.15, 0.2) is 18.2 Å². The summed E-state index contributed by atoms with van der Waals surface area (Å²) in [5, 5.41) is 0.